The molecule has 2 aliphatic rings. The van der Waals surface area contributed by atoms with Gasteiger partial charge in [-0.3, -0.25) is 9.59 Å². The lowest BCUT2D eigenvalue weighted by atomic mass is 9.84. The molecule has 2 atom stereocenters. The first-order valence-corrected chi connectivity index (χ1v) is 12.5. The summed E-state index contributed by atoms with van der Waals surface area (Å²) in [6, 6.07) is 16.0. The third-order valence-corrected chi connectivity index (χ3v) is 7.56. The van der Waals surface area contributed by atoms with Gasteiger partial charge in [0.05, 0.1) is 5.41 Å². The van der Waals surface area contributed by atoms with Crippen molar-refractivity contribution in [2.75, 3.05) is 19.7 Å². The number of nitrogens with one attached hydrogen (secondary N) is 1. The maximum atomic E-state index is 12.9. The number of fused-ring (bicyclic) bond motifs is 3. The van der Waals surface area contributed by atoms with Gasteiger partial charge in [-0.25, -0.2) is 4.79 Å². The van der Waals surface area contributed by atoms with Crippen LogP contribution in [0, 0.1) is 5.41 Å². The second-order valence-electron chi connectivity index (χ2n) is 9.66. The molecule has 7 nitrogen and oxygen atoms in total. The van der Waals surface area contributed by atoms with Gasteiger partial charge in [-0.15, -0.1) is 0 Å². The molecule has 0 aromatic heterocycles. The van der Waals surface area contributed by atoms with Crippen LogP contribution in [0.4, 0.5) is 4.79 Å². The number of hydrogen-bond acceptors (Lipinski definition) is 4. The number of benzene rings is 2. The molecular weight excluding hydrogens is 444 g/mol. The zero-order chi connectivity index (χ0) is 25.0. The normalized spacial score (nSPS) is 19.7. The maximum absolute atomic E-state index is 12.9. The summed E-state index contributed by atoms with van der Waals surface area (Å²) in [6.07, 6.45) is 1.99. The number of ether oxygens (including phenoxy) is 1. The van der Waals surface area contributed by atoms with Crippen LogP contribution in [0.2, 0.25) is 0 Å². The molecule has 2 N–H and O–H groups in total. The van der Waals surface area contributed by atoms with E-state index in [2.05, 4.69) is 29.6 Å². The number of carboxylic acids is 1. The number of carbonyl (C=O) groups is 3. The summed E-state index contributed by atoms with van der Waals surface area (Å²) in [4.78, 5) is 39.0. The SMILES string of the molecule is CCC[C@@H](CC(=O)N1CCC(CC)(C(=O)O)C1)NC(=O)OCC1c2ccccc2-c2ccccc21. The van der Waals surface area contributed by atoms with Gasteiger partial charge in [0.2, 0.25) is 5.91 Å². The van der Waals surface area contributed by atoms with Crippen molar-refractivity contribution in [3.8, 4) is 11.1 Å². The predicted octanol–water partition coefficient (Wildman–Crippen LogP) is 4.80. The van der Waals surface area contributed by atoms with Crippen LogP contribution in [0.5, 0.6) is 0 Å². The molecule has 0 bridgehead atoms. The molecule has 1 saturated heterocycles. The third kappa shape index (κ3) is 5.04. The average molecular weight is 479 g/mol. The van der Waals surface area contributed by atoms with Gasteiger partial charge in [0, 0.05) is 31.5 Å². The molecule has 2 amide bonds. The number of likely N-dealkylation sites (tertiary alicyclic amines) is 1. The minimum absolute atomic E-state index is 0.0257. The molecule has 2 aromatic carbocycles. The molecule has 1 fully saturated rings. The summed E-state index contributed by atoms with van der Waals surface area (Å²) in [5.74, 6) is -1.00. The third-order valence-electron chi connectivity index (χ3n) is 7.56. The summed E-state index contributed by atoms with van der Waals surface area (Å²) in [6.45, 7) is 4.72. The van der Waals surface area contributed by atoms with Crippen molar-refractivity contribution >= 4 is 18.0 Å². The average Bonchev–Trinajstić information content (AvgIpc) is 3.44. The highest BCUT2D eigenvalue weighted by molar-refractivity contribution is 5.82. The second kappa shape index (κ2) is 10.5. The molecule has 4 rings (SSSR count). The number of alkyl carbamates (subject to hydrolysis) is 1. The fourth-order valence-corrected chi connectivity index (χ4v) is 5.42. The molecule has 2 aromatic rings. The standard InChI is InChI=1S/C28H34N2O5/c1-3-9-19(16-25(31)30-15-14-28(4-2,18-30)26(32)33)29-27(34)35-17-24-22-12-7-5-10-20(22)21-11-6-8-13-23(21)24/h5-8,10-13,19,24H,3-4,9,14-18H2,1-2H3,(H,29,34)(H,32,33)/t19-,28?/m0/s1. The fraction of sp³-hybridized carbons (Fsp3) is 0.464. The van der Waals surface area contributed by atoms with Crippen molar-refractivity contribution in [1.29, 1.82) is 0 Å². The van der Waals surface area contributed by atoms with Crippen LogP contribution >= 0.6 is 0 Å². The first kappa shape index (κ1) is 24.8. The van der Waals surface area contributed by atoms with E-state index in [-0.39, 0.29) is 37.4 Å². The van der Waals surface area contributed by atoms with Gasteiger partial charge in [-0.1, -0.05) is 68.8 Å². The Morgan fingerprint density at radius 3 is 2.26 bits per heavy atom. The van der Waals surface area contributed by atoms with Gasteiger partial charge in [-0.05, 0) is 41.5 Å². The molecule has 186 valence electrons. The highest BCUT2D eigenvalue weighted by atomic mass is 16.5. The minimum atomic E-state index is -0.865. The van der Waals surface area contributed by atoms with Crippen LogP contribution < -0.4 is 5.32 Å². The van der Waals surface area contributed by atoms with Crippen molar-refractivity contribution in [2.24, 2.45) is 5.41 Å². The Morgan fingerprint density at radius 1 is 1.09 bits per heavy atom. The van der Waals surface area contributed by atoms with E-state index < -0.39 is 17.5 Å². The van der Waals surface area contributed by atoms with Crippen LogP contribution in [0.25, 0.3) is 11.1 Å². The van der Waals surface area contributed by atoms with Crippen molar-refractivity contribution in [3.05, 3.63) is 59.7 Å². The zero-order valence-corrected chi connectivity index (χ0v) is 20.5. The fourth-order valence-electron chi connectivity index (χ4n) is 5.42. The van der Waals surface area contributed by atoms with Gasteiger partial charge in [-0.2, -0.15) is 0 Å². The summed E-state index contributed by atoms with van der Waals surface area (Å²) in [7, 11) is 0. The molecule has 0 spiro atoms. The van der Waals surface area contributed by atoms with E-state index >= 15 is 0 Å². The lowest BCUT2D eigenvalue weighted by molar-refractivity contribution is -0.148. The molecule has 0 saturated carbocycles. The van der Waals surface area contributed by atoms with E-state index in [4.69, 9.17) is 4.74 Å². The highest BCUT2D eigenvalue weighted by Crippen LogP contribution is 2.44. The molecule has 0 radical (unpaired) electrons. The lowest BCUT2D eigenvalue weighted by Crippen LogP contribution is -2.42. The molecule has 35 heavy (non-hydrogen) atoms. The van der Waals surface area contributed by atoms with Crippen molar-refractivity contribution in [2.45, 2.75) is 57.9 Å². The monoisotopic (exact) mass is 478 g/mol. The number of nitrogens with zero attached hydrogens (tertiary/aromatic N) is 1. The van der Waals surface area contributed by atoms with Crippen molar-refractivity contribution < 1.29 is 24.2 Å². The molecule has 1 aliphatic carbocycles. The zero-order valence-electron chi connectivity index (χ0n) is 20.5. The number of hydrogen-bond donors (Lipinski definition) is 2. The Hall–Kier alpha value is -3.35. The Balaban J connectivity index is 1.35. The van der Waals surface area contributed by atoms with E-state index in [0.29, 0.717) is 25.8 Å². The van der Waals surface area contributed by atoms with E-state index in [1.807, 2.05) is 38.1 Å². The van der Waals surface area contributed by atoms with Crippen LogP contribution in [-0.4, -0.2) is 53.7 Å². The van der Waals surface area contributed by atoms with Gasteiger partial charge < -0.3 is 20.1 Å². The van der Waals surface area contributed by atoms with Gasteiger partial charge in [0.15, 0.2) is 0 Å². The van der Waals surface area contributed by atoms with Crippen LogP contribution in [0.1, 0.15) is 63.0 Å². The number of rotatable bonds is 9. The van der Waals surface area contributed by atoms with Crippen molar-refractivity contribution in [3.63, 3.8) is 0 Å². The van der Waals surface area contributed by atoms with E-state index in [9.17, 15) is 19.5 Å². The molecule has 1 aliphatic heterocycles. The van der Waals surface area contributed by atoms with Gasteiger partial charge in [0.25, 0.3) is 0 Å². The first-order valence-electron chi connectivity index (χ1n) is 12.5. The van der Waals surface area contributed by atoms with Crippen LogP contribution in [0.3, 0.4) is 0 Å². The smallest absolute Gasteiger partial charge is 0.407 e. The largest absolute Gasteiger partial charge is 0.481 e. The Morgan fingerprint density at radius 2 is 1.71 bits per heavy atom. The predicted molar refractivity (Wildman–Crippen MR) is 133 cm³/mol. The molecular formula is C28H34N2O5. The first-order chi connectivity index (χ1) is 16.9. The summed E-state index contributed by atoms with van der Waals surface area (Å²) in [5.41, 5.74) is 3.77. The molecule has 1 unspecified atom stereocenters. The summed E-state index contributed by atoms with van der Waals surface area (Å²) >= 11 is 0. The number of amides is 2. The Bertz CT molecular complexity index is 1050. The summed E-state index contributed by atoms with van der Waals surface area (Å²) in [5, 5.41) is 12.5. The van der Waals surface area contributed by atoms with Crippen LogP contribution in [-0.2, 0) is 14.3 Å². The second-order valence-corrected chi connectivity index (χ2v) is 9.66. The van der Waals surface area contributed by atoms with Crippen LogP contribution in [0.15, 0.2) is 48.5 Å². The number of carbonyl (C=O) groups excluding carboxylic acids is 2. The minimum Gasteiger partial charge on any atom is -0.481 e. The van der Waals surface area contributed by atoms with Gasteiger partial charge in [0.1, 0.15) is 6.61 Å². The van der Waals surface area contributed by atoms with E-state index in [1.165, 1.54) is 11.1 Å². The molecule has 7 heteroatoms. The maximum Gasteiger partial charge on any atom is 0.407 e. The lowest BCUT2D eigenvalue weighted by Gasteiger charge is -2.25. The highest BCUT2D eigenvalue weighted by Gasteiger charge is 2.44. The number of carboxylic acid groups (broad SMARTS) is 1. The van der Waals surface area contributed by atoms with E-state index in [0.717, 1.165) is 17.5 Å². The summed E-state index contributed by atoms with van der Waals surface area (Å²) < 4.78 is 5.65. The molecule has 1 heterocycles. The Kier molecular flexibility index (Phi) is 7.43. The quantitative estimate of drug-likeness (QED) is 0.540. The topological polar surface area (TPSA) is 95.9 Å². The number of aliphatic carboxylic acids is 1. The van der Waals surface area contributed by atoms with Crippen molar-refractivity contribution in [1.82, 2.24) is 10.2 Å². The van der Waals surface area contributed by atoms with E-state index in [1.54, 1.807) is 4.90 Å². The van der Waals surface area contributed by atoms with Gasteiger partial charge >= 0.3 is 12.1 Å². The Labute approximate surface area is 206 Å².